The molecule has 43 heteroatoms. The minimum atomic E-state index is -1.04. The van der Waals surface area contributed by atoms with Gasteiger partial charge in [-0.3, -0.25) is 42.5 Å². The summed E-state index contributed by atoms with van der Waals surface area (Å²) < 4.78 is 84.9. The zero-order chi connectivity index (χ0) is 87.2. The zero-order valence-corrected chi connectivity index (χ0v) is 70.0. The summed E-state index contributed by atoms with van der Waals surface area (Å²) in [6.07, 6.45) is 7.17. The van der Waals surface area contributed by atoms with Crippen LogP contribution in [0.1, 0.15) is 108 Å². The van der Waals surface area contributed by atoms with E-state index in [4.69, 9.17) is 28.4 Å². The largest absolute Gasteiger partial charge is 0.496 e. The second-order valence-electron chi connectivity index (χ2n) is 28.9. The van der Waals surface area contributed by atoms with Gasteiger partial charge >= 0.3 is 17.1 Å². The molecule has 0 aliphatic carbocycles. The van der Waals surface area contributed by atoms with Gasteiger partial charge in [-0.25, -0.2) is 41.3 Å². The molecule has 7 atom stereocenters. The Morgan fingerprint density at radius 3 is 1.04 bits per heavy atom. The average Bonchev–Trinajstić information content (AvgIpc) is 1.57. The Kier molecular flexibility index (Phi) is 27.3. The van der Waals surface area contributed by atoms with Gasteiger partial charge in [0.25, 0.3) is 16.7 Å². The van der Waals surface area contributed by atoms with Crippen LogP contribution in [-0.4, -0.2) is 228 Å². The molecule has 3 N–H and O–H groups in total. The first-order valence-electron chi connectivity index (χ1n) is 38.6. The van der Waals surface area contributed by atoms with Crippen molar-refractivity contribution < 1.29 is 76.1 Å². The number of hydrogen-bond acceptors (Lipinski definition) is 28. The predicted molar refractivity (Wildman–Crippen MR) is 439 cm³/mol. The number of nitrogens with zero attached hydrogens (tertiary/aromatic N) is 18. The number of aliphatic hydroxyl groups excluding tert-OH is 3. The van der Waals surface area contributed by atoms with Crippen LogP contribution in [0.5, 0.6) is 17.2 Å². The number of fused-ring (bicyclic) bond motifs is 3. The van der Waals surface area contributed by atoms with E-state index in [0.717, 1.165) is 47.7 Å². The predicted octanol–water partition coefficient (Wildman–Crippen LogP) is 4.98. The number of aryl methyl sites for hydroxylation is 3. The third-order valence-electron chi connectivity index (χ3n) is 21.4. The van der Waals surface area contributed by atoms with Gasteiger partial charge in [-0.2, -0.15) is 30.6 Å². The molecule has 0 bridgehead atoms. The van der Waals surface area contributed by atoms with Crippen LogP contribution < -0.4 is 48.0 Å². The number of likely N-dealkylation sites (tertiary alicyclic amines) is 3. The molecule has 3 aromatic carbocycles. The molecule has 0 radical (unpaired) electrons. The van der Waals surface area contributed by atoms with E-state index in [0.29, 0.717) is 125 Å². The van der Waals surface area contributed by atoms with Crippen molar-refractivity contribution in [3.63, 3.8) is 0 Å². The van der Waals surface area contributed by atoms with Gasteiger partial charge in [-0.1, -0.05) is 34.0 Å². The van der Waals surface area contributed by atoms with Gasteiger partial charge in [0.1, 0.15) is 107 Å². The van der Waals surface area contributed by atoms with Crippen LogP contribution in [-0.2, 0) is 53.0 Å². The molecule has 15 rings (SSSR count). The van der Waals surface area contributed by atoms with Crippen molar-refractivity contribution in [3.05, 3.63) is 205 Å². The monoisotopic (exact) mass is 1740 g/mol. The normalized spacial score (nSPS) is 16.4. The highest BCUT2D eigenvalue weighted by Gasteiger charge is 2.40. The number of hydrogen-bond donors (Lipinski definition) is 3. The fourth-order valence-electron chi connectivity index (χ4n) is 15.1. The fourth-order valence-corrected chi connectivity index (χ4v) is 18.8. The number of likely N-dealkylation sites (N-methyl/N-ethyl adjacent to an activating group) is 3. The van der Waals surface area contributed by atoms with Crippen molar-refractivity contribution in [3.8, 4) is 32.3 Å². The summed E-state index contributed by atoms with van der Waals surface area (Å²) in [6.45, 7) is 5.42. The quantitative estimate of drug-likeness (QED) is 0.0381. The second-order valence-corrected chi connectivity index (χ2v) is 31.8. The van der Waals surface area contributed by atoms with E-state index in [1.807, 2.05) is 0 Å². The molecular weight excluding hydrogens is 1660 g/mol. The minimum absolute atomic E-state index is 0.00317. The molecule has 37 nitrogen and oxygen atoms in total. The van der Waals surface area contributed by atoms with Crippen LogP contribution in [0.2, 0.25) is 0 Å². The number of halogens is 3. The van der Waals surface area contributed by atoms with Crippen molar-refractivity contribution in [2.45, 2.75) is 121 Å². The smallest absolute Gasteiger partial charge is 0.332 e. The molecule has 122 heavy (non-hydrogen) atoms. The highest BCUT2D eigenvalue weighted by atomic mass is 32.1. The molecule has 3 aliphatic rings. The summed E-state index contributed by atoms with van der Waals surface area (Å²) in [6, 6.07) is 8.92. The molecule has 646 valence electrons. The topological polar surface area (TPSA) is 418 Å². The Balaban J connectivity index is 0.000000158. The number of aldehydes is 1. The number of rotatable bonds is 31. The molecule has 3 fully saturated rings. The molecule has 3 amide bonds. The average molecular weight is 1750 g/mol. The third-order valence-corrected chi connectivity index (χ3v) is 25.2. The fraction of sp³-hybridized carbons (Fsp3) is 0.418. The maximum Gasteiger partial charge on any atom is 0.332 e. The van der Waals surface area contributed by atoms with Crippen LogP contribution >= 0.6 is 34.0 Å². The Morgan fingerprint density at radius 2 is 0.770 bits per heavy atom. The van der Waals surface area contributed by atoms with E-state index < -0.39 is 100 Å². The summed E-state index contributed by atoms with van der Waals surface area (Å²) in [5.74, 6) is -1.65. The number of amides is 3. The number of ether oxygens (including phenoxy) is 6. The molecule has 12 aromatic rings. The van der Waals surface area contributed by atoms with Crippen LogP contribution in [0.4, 0.5) is 13.2 Å². The Hall–Kier alpha value is -12.0. The Morgan fingerprint density at radius 1 is 0.467 bits per heavy atom. The highest BCUT2D eigenvalue weighted by Crippen LogP contribution is 2.40. The van der Waals surface area contributed by atoms with Crippen LogP contribution in [0, 0.1) is 38.2 Å². The molecule has 3 aliphatic heterocycles. The first-order chi connectivity index (χ1) is 58.7. The molecular formula is C79H87F3N18O19S3. The van der Waals surface area contributed by atoms with Gasteiger partial charge < -0.3 is 63.2 Å². The lowest BCUT2D eigenvalue weighted by Crippen LogP contribution is -2.44. The van der Waals surface area contributed by atoms with Crippen molar-refractivity contribution in [2.24, 2.45) is 0 Å². The number of carbonyl (C=O) groups is 4. The van der Waals surface area contributed by atoms with E-state index in [1.165, 1.54) is 156 Å². The first kappa shape index (κ1) is 87.8. The van der Waals surface area contributed by atoms with Gasteiger partial charge in [-0.05, 0) is 107 Å². The van der Waals surface area contributed by atoms with Crippen molar-refractivity contribution >= 4 is 88.7 Å². The number of carbonyl (C=O) groups excluding carboxylic acids is 4. The summed E-state index contributed by atoms with van der Waals surface area (Å²) in [5.41, 5.74) is -1.24. The maximum absolute atomic E-state index is 14.5. The molecule has 1 unspecified atom stereocenters. The molecule has 9 aromatic heterocycles. The van der Waals surface area contributed by atoms with Crippen molar-refractivity contribution in [1.29, 1.82) is 0 Å². The SMILES string of the molecule is COc1ccc(F)cc1[C@H](Cn1c(=O)n([C@H]2CCN(C)C2=O)c(=O)c2c(C)c(-n3nccn3)sc21)OCCC(O)CO.COc1ccc(F)cc1[C@H](Cn1c(=O)n([C@H]2CCN(C)C2=O)c(=O)c2c(C)c(-n3nccn3)sc21)OCCC=O.COc1ccc(F)cc1[C@H](Cn1c(=O)n([C@H]2CCN(C)C2=O)c(=O)c2c(C)c(-n3nccn3)sc21)OCCCO. The van der Waals surface area contributed by atoms with Crippen LogP contribution in [0.15, 0.2) is 121 Å². The molecule has 12 heterocycles. The summed E-state index contributed by atoms with van der Waals surface area (Å²) in [7, 11) is 9.15. The van der Waals surface area contributed by atoms with E-state index in [1.54, 1.807) is 41.9 Å². The van der Waals surface area contributed by atoms with Gasteiger partial charge in [0, 0.05) is 93.8 Å². The first-order valence-corrected chi connectivity index (χ1v) is 41.0. The van der Waals surface area contributed by atoms with Crippen LogP contribution in [0.3, 0.4) is 0 Å². The van der Waals surface area contributed by atoms with E-state index in [2.05, 4.69) is 30.6 Å². The summed E-state index contributed by atoms with van der Waals surface area (Å²) >= 11 is 3.43. The number of aliphatic hydroxyl groups is 3. The van der Waals surface area contributed by atoms with Crippen LogP contribution in [0.25, 0.3) is 45.7 Å². The Bertz CT molecular complexity index is 6260. The summed E-state index contributed by atoms with van der Waals surface area (Å²) in [5, 5.41) is 55.9. The Labute approximate surface area is 702 Å². The number of thiophene rings is 3. The number of aromatic nitrogens is 15. The lowest BCUT2D eigenvalue weighted by Gasteiger charge is -2.23. The number of benzene rings is 3. The van der Waals surface area contributed by atoms with Gasteiger partial charge in [0.15, 0.2) is 0 Å². The van der Waals surface area contributed by atoms with Crippen molar-refractivity contribution in [2.75, 3.05) is 95.1 Å². The second kappa shape index (κ2) is 38.0. The van der Waals surface area contributed by atoms with Gasteiger partial charge in [0.05, 0.1) is 120 Å². The molecule has 0 saturated carbocycles. The zero-order valence-electron chi connectivity index (χ0n) is 67.6. The number of methoxy groups -OCH3 is 3. The van der Waals surface area contributed by atoms with E-state index in [9.17, 15) is 76.4 Å². The lowest BCUT2D eigenvalue weighted by molar-refractivity contribution is -0.130. The lowest BCUT2D eigenvalue weighted by atomic mass is 10.1. The van der Waals surface area contributed by atoms with E-state index in [-0.39, 0.29) is 99.2 Å². The third kappa shape index (κ3) is 17.4. The maximum atomic E-state index is 14.5. The highest BCUT2D eigenvalue weighted by molar-refractivity contribution is 7.22. The minimum Gasteiger partial charge on any atom is -0.496 e. The van der Waals surface area contributed by atoms with Gasteiger partial charge in [-0.15, -0.1) is 14.4 Å². The van der Waals surface area contributed by atoms with Crippen molar-refractivity contribution in [1.82, 2.24) is 87.1 Å². The molecule has 3 saturated heterocycles. The standard InChI is InChI=1S/C27H31FN6O7S.C26H29FN6O6S.C26H27FN6O6S/c1-15-22-24(38)33(19-6-10-31(2)23(19)37)27(39)32(26(22)42-25(15)34-29-8-9-30-34)13-21(41-11-7-17(36)14-35)18-12-16(28)4-5-20(18)40-3;2*1-15-21-23(36)32(18-7-10-30(2)22(18)35)26(37)31(25(21)40-24(15)33-28-8-9-29-33)14-20(39-12-4-11-34)17-13-16(27)5-6-19(17)38-3/h4-5,8-9,12,17,19,21,35-36H,6-7,10-11,13-14H2,1-3H3;5-6,8-9,13,18,20,34H,4,7,10-12,14H2,1-3H3;5-6,8-9,11,13,18,20H,4,7,10,12,14H2,1-3H3/t17?,19-,21-;2*18-,20-/m000/s1. The summed E-state index contributed by atoms with van der Waals surface area (Å²) in [4.78, 5) is 143. The van der Waals surface area contributed by atoms with Gasteiger partial charge in [0.2, 0.25) is 17.7 Å². The molecule has 0 spiro atoms. The van der Waals surface area contributed by atoms with E-state index >= 15 is 0 Å².